The summed E-state index contributed by atoms with van der Waals surface area (Å²) in [6.45, 7) is 4.25. The van der Waals surface area contributed by atoms with Gasteiger partial charge in [0, 0.05) is 5.75 Å². The maximum absolute atomic E-state index is 5.58. The number of nitrogens with zero attached hydrogens (tertiary/aromatic N) is 3. The van der Waals surface area contributed by atoms with E-state index in [9.17, 15) is 0 Å². The summed E-state index contributed by atoms with van der Waals surface area (Å²) in [6, 6.07) is 18.1. The summed E-state index contributed by atoms with van der Waals surface area (Å²) >= 11 is 1.66. The fraction of sp³-hybridized carbons (Fsp3) is 0.182. The lowest BCUT2D eigenvalue weighted by Gasteiger charge is -2.11. The van der Waals surface area contributed by atoms with Gasteiger partial charge in [-0.1, -0.05) is 35.5 Å². The highest BCUT2D eigenvalue weighted by molar-refractivity contribution is 7.98. The van der Waals surface area contributed by atoms with Crippen LogP contribution in [0.4, 0.5) is 0 Å². The van der Waals surface area contributed by atoms with E-state index in [0.717, 1.165) is 22.3 Å². The molecule has 0 aliphatic carbocycles. The van der Waals surface area contributed by atoms with E-state index in [1.165, 1.54) is 16.7 Å². The molecular formula is C22H21N3O2S. The Bertz CT molecular complexity index is 1070. The normalized spacial score (nSPS) is 11.0. The quantitative estimate of drug-likeness (QED) is 0.409. The summed E-state index contributed by atoms with van der Waals surface area (Å²) in [5, 5.41) is 9.66. The molecule has 4 rings (SSSR count). The zero-order chi connectivity index (χ0) is 19.5. The third-order valence-corrected chi connectivity index (χ3v) is 5.54. The van der Waals surface area contributed by atoms with Gasteiger partial charge in [0.15, 0.2) is 10.9 Å². The van der Waals surface area contributed by atoms with Crippen molar-refractivity contribution < 1.29 is 9.15 Å². The minimum atomic E-state index is 0.679. The van der Waals surface area contributed by atoms with Crippen LogP contribution in [0.3, 0.4) is 0 Å². The van der Waals surface area contributed by atoms with Gasteiger partial charge >= 0.3 is 0 Å². The number of ether oxygens (including phenoxy) is 1. The molecule has 5 nitrogen and oxygen atoms in total. The molecule has 0 spiro atoms. The van der Waals surface area contributed by atoms with E-state index in [4.69, 9.17) is 9.15 Å². The number of aryl methyl sites for hydroxylation is 2. The number of methoxy groups -OCH3 is 1. The third-order valence-electron chi connectivity index (χ3n) is 4.57. The van der Waals surface area contributed by atoms with Crippen molar-refractivity contribution in [3.05, 3.63) is 77.6 Å². The number of furan rings is 1. The molecular weight excluding hydrogens is 370 g/mol. The van der Waals surface area contributed by atoms with Gasteiger partial charge < -0.3 is 9.15 Å². The second-order valence-electron chi connectivity index (χ2n) is 6.54. The van der Waals surface area contributed by atoms with E-state index in [0.29, 0.717) is 11.6 Å². The molecule has 0 N–H and O–H groups in total. The van der Waals surface area contributed by atoms with Gasteiger partial charge in [-0.3, -0.25) is 4.57 Å². The van der Waals surface area contributed by atoms with E-state index in [1.54, 1.807) is 25.1 Å². The maximum Gasteiger partial charge on any atom is 0.205 e. The topological polar surface area (TPSA) is 53.1 Å². The van der Waals surface area contributed by atoms with Crippen molar-refractivity contribution >= 4 is 11.8 Å². The standard InChI is InChI=1S/C22H21N3O2S/c1-15-6-7-16(2)17(13-15)14-28-22-24-23-21(20-5-4-12-27-20)25(22)18-8-10-19(26-3)11-9-18/h4-13H,14H2,1-3H3. The van der Waals surface area contributed by atoms with Crippen molar-refractivity contribution in [2.75, 3.05) is 7.11 Å². The van der Waals surface area contributed by atoms with Crippen LogP contribution in [-0.4, -0.2) is 21.9 Å². The van der Waals surface area contributed by atoms with Crippen molar-refractivity contribution in [1.82, 2.24) is 14.8 Å². The summed E-state index contributed by atoms with van der Waals surface area (Å²) in [5.41, 5.74) is 4.79. The van der Waals surface area contributed by atoms with Gasteiger partial charge in [0.2, 0.25) is 5.82 Å². The molecule has 0 saturated heterocycles. The second-order valence-corrected chi connectivity index (χ2v) is 7.48. The lowest BCUT2D eigenvalue weighted by atomic mass is 10.1. The Morgan fingerprint density at radius 3 is 2.57 bits per heavy atom. The molecule has 0 atom stereocenters. The average Bonchev–Trinajstić information content (AvgIpc) is 3.38. The minimum absolute atomic E-state index is 0.679. The molecule has 0 aliphatic rings. The summed E-state index contributed by atoms with van der Waals surface area (Å²) in [7, 11) is 1.66. The van der Waals surface area contributed by atoms with Gasteiger partial charge in [0.05, 0.1) is 19.1 Å². The predicted octanol–water partition coefficient (Wildman–Crippen LogP) is 5.45. The van der Waals surface area contributed by atoms with Gasteiger partial charge in [0.1, 0.15) is 5.75 Å². The first kappa shape index (κ1) is 18.4. The first-order chi connectivity index (χ1) is 13.7. The van der Waals surface area contributed by atoms with Gasteiger partial charge in [-0.2, -0.15) is 0 Å². The van der Waals surface area contributed by atoms with E-state index < -0.39 is 0 Å². The number of thioether (sulfide) groups is 1. The van der Waals surface area contributed by atoms with Crippen molar-refractivity contribution in [3.8, 4) is 23.0 Å². The van der Waals surface area contributed by atoms with Gasteiger partial charge in [-0.25, -0.2) is 0 Å². The monoisotopic (exact) mass is 391 g/mol. The Morgan fingerprint density at radius 2 is 1.86 bits per heavy atom. The molecule has 2 heterocycles. The van der Waals surface area contributed by atoms with E-state index in [1.807, 2.05) is 41.0 Å². The number of hydrogen-bond acceptors (Lipinski definition) is 5. The van der Waals surface area contributed by atoms with E-state index in [-0.39, 0.29) is 0 Å². The SMILES string of the molecule is COc1ccc(-n2c(SCc3cc(C)ccc3C)nnc2-c2ccco2)cc1. The van der Waals surface area contributed by atoms with Crippen LogP contribution in [0.2, 0.25) is 0 Å². The molecule has 0 amide bonds. The summed E-state index contributed by atoms with van der Waals surface area (Å²) < 4.78 is 12.9. The number of hydrogen-bond donors (Lipinski definition) is 0. The highest BCUT2D eigenvalue weighted by Crippen LogP contribution is 2.31. The number of aromatic nitrogens is 3. The minimum Gasteiger partial charge on any atom is -0.497 e. The lowest BCUT2D eigenvalue weighted by Crippen LogP contribution is -2.00. The maximum atomic E-state index is 5.58. The molecule has 0 radical (unpaired) electrons. The van der Waals surface area contributed by atoms with Gasteiger partial charge in [-0.15, -0.1) is 10.2 Å². The molecule has 0 fully saturated rings. The smallest absolute Gasteiger partial charge is 0.205 e. The van der Waals surface area contributed by atoms with Crippen molar-refractivity contribution in [2.45, 2.75) is 24.8 Å². The Balaban J connectivity index is 1.71. The van der Waals surface area contributed by atoms with Crippen LogP contribution in [0, 0.1) is 13.8 Å². The molecule has 0 saturated carbocycles. The second kappa shape index (κ2) is 7.94. The Kier molecular flexibility index (Phi) is 5.21. The van der Waals surface area contributed by atoms with Crippen LogP contribution in [0.25, 0.3) is 17.3 Å². The fourth-order valence-electron chi connectivity index (χ4n) is 2.99. The Hall–Kier alpha value is -2.99. The molecule has 2 aromatic heterocycles. The van der Waals surface area contributed by atoms with Crippen LogP contribution in [0.1, 0.15) is 16.7 Å². The van der Waals surface area contributed by atoms with Crippen LogP contribution in [-0.2, 0) is 5.75 Å². The fourth-order valence-corrected chi connectivity index (χ4v) is 4.01. The van der Waals surface area contributed by atoms with E-state index >= 15 is 0 Å². The molecule has 28 heavy (non-hydrogen) atoms. The molecule has 142 valence electrons. The predicted molar refractivity (Wildman–Crippen MR) is 111 cm³/mol. The average molecular weight is 391 g/mol. The summed E-state index contributed by atoms with van der Waals surface area (Å²) in [6.07, 6.45) is 1.64. The summed E-state index contributed by atoms with van der Waals surface area (Å²) in [4.78, 5) is 0. The zero-order valence-electron chi connectivity index (χ0n) is 16.0. The zero-order valence-corrected chi connectivity index (χ0v) is 16.9. The van der Waals surface area contributed by atoms with E-state index in [2.05, 4.69) is 42.2 Å². The molecule has 0 aliphatic heterocycles. The number of benzene rings is 2. The van der Waals surface area contributed by atoms with Gasteiger partial charge in [-0.05, 0) is 61.4 Å². The van der Waals surface area contributed by atoms with Crippen molar-refractivity contribution in [3.63, 3.8) is 0 Å². The van der Waals surface area contributed by atoms with Crippen LogP contribution in [0.5, 0.6) is 5.75 Å². The van der Waals surface area contributed by atoms with Crippen molar-refractivity contribution in [1.29, 1.82) is 0 Å². The van der Waals surface area contributed by atoms with Crippen LogP contribution < -0.4 is 4.74 Å². The molecule has 4 aromatic rings. The summed E-state index contributed by atoms with van der Waals surface area (Å²) in [5.74, 6) is 2.99. The van der Waals surface area contributed by atoms with Gasteiger partial charge in [0.25, 0.3) is 0 Å². The van der Waals surface area contributed by atoms with Crippen LogP contribution >= 0.6 is 11.8 Å². The molecule has 2 aromatic carbocycles. The first-order valence-corrected chi connectivity index (χ1v) is 9.97. The Morgan fingerprint density at radius 1 is 1.04 bits per heavy atom. The third kappa shape index (κ3) is 3.68. The highest BCUT2D eigenvalue weighted by atomic mass is 32.2. The largest absolute Gasteiger partial charge is 0.497 e. The molecule has 6 heteroatoms. The van der Waals surface area contributed by atoms with Crippen molar-refractivity contribution in [2.24, 2.45) is 0 Å². The molecule has 0 bridgehead atoms. The number of rotatable bonds is 6. The highest BCUT2D eigenvalue weighted by Gasteiger charge is 2.18. The first-order valence-electron chi connectivity index (χ1n) is 8.98. The Labute approximate surface area is 168 Å². The van der Waals surface area contributed by atoms with Crippen LogP contribution in [0.15, 0.2) is 70.4 Å². The molecule has 0 unspecified atom stereocenters. The lowest BCUT2D eigenvalue weighted by molar-refractivity contribution is 0.414.